The number of nitrogens with one attached hydrogen (secondary N) is 1. The summed E-state index contributed by atoms with van der Waals surface area (Å²) in [6.45, 7) is 5.00. The van der Waals surface area contributed by atoms with Crippen molar-refractivity contribution in [3.8, 4) is 0 Å². The highest BCUT2D eigenvalue weighted by atomic mass is 35.5. The summed E-state index contributed by atoms with van der Waals surface area (Å²) < 4.78 is 25.4. The first-order valence-corrected chi connectivity index (χ1v) is 6.84. The van der Waals surface area contributed by atoms with Gasteiger partial charge in [0.25, 0.3) is 0 Å². The van der Waals surface area contributed by atoms with Gasteiger partial charge >= 0.3 is 0 Å². The first-order chi connectivity index (χ1) is 6.52. The molecule has 0 heterocycles. The lowest BCUT2D eigenvalue weighted by Gasteiger charge is -2.11. The predicted octanol–water partition coefficient (Wildman–Crippen LogP) is 1.11. The minimum Gasteiger partial charge on any atom is -0.330 e. The second kappa shape index (κ2) is 9.39. The highest BCUT2D eigenvalue weighted by Gasteiger charge is 2.13. The first-order valence-electron chi connectivity index (χ1n) is 5.19. The maximum absolute atomic E-state index is 11.4. The molecule has 6 heteroatoms. The van der Waals surface area contributed by atoms with Gasteiger partial charge in [-0.1, -0.05) is 20.3 Å². The Balaban J connectivity index is 0. The van der Waals surface area contributed by atoms with Crippen LogP contribution in [-0.4, -0.2) is 27.3 Å². The molecule has 1 unspecified atom stereocenters. The van der Waals surface area contributed by atoms with E-state index in [4.69, 9.17) is 5.73 Å². The van der Waals surface area contributed by atoms with Crippen LogP contribution in [0.5, 0.6) is 0 Å². The molecular weight excluding hydrogens is 236 g/mol. The Bertz CT molecular complexity index is 232. The second-order valence-electron chi connectivity index (χ2n) is 3.71. The smallest absolute Gasteiger partial charge is 0.211 e. The lowest BCUT2D eigenvalue weighted by Crippen LogP contribution is -2.30. The van der Waals surface area contributed by atoms with E-state index in [0.717, 1.165) is 12.8 Å². The lowest BCUT2D eigenvalue weighted by atomic mass is 10.1. The highest BCUT2D eigenvalue weighted by molar-refractivity contribution is 7.89. The zero-order valence-corrected chi connectivity index (χ0v) is 11.2. The van der Waals surface area contributed by atoms with Gasteiger partial charge in [0.05, 0.1) is 5.75 Å². The van der Waals surface area contributed by atoms with E-state index in [-0.39, 0.29) is 24.1 Å². The number of halogens is 1. The van der Waals surface area contributed by atoms with Crippen LogP contribution in [0.15, 0.2) is 0 Å². The number of hydrogen-bond donors (Lipinski definition) is 2. The van der Waals surface area contributed by atoms with Crippen LogP contribution in [0.2, 0.25) is 0 Å². The molecule has 0 aliphatic heterocycles. The van der Waals surface area contributed by atoms with E-state index in [1.165, 1.54) is 0 Å². The van der Waals surface area contributed by atoms with Gasteiger partial charge < -0.3 is 5.73 Å². The van der Waals surface area contributed by atoms with Crippen molar-refractivity contribution in [2.24, 2.45) is 11.7 Å². The van der Waals surface area contributed by atoms with Gasteiger partial charge in [-0.25, -0.2) is 13.1 Å². The standard InChI is InChI=1S/C9H22N2O2S.ClH/c1-3-5-9(2)8-14(12,13)11-7-4-6-10;/h9,11H,3-8,10H2,1-2H3;1H. The van der Waals surface area contributed by atoms with Crippen molar-refractivity contribution in [1.82, 2.24) is 4.72 Å². The Morgan fingerprint density at radius 1 is 1.40 bits per heavy atom. The van der Waals surface area contributed by atoms with E-state index < -0.39 is 10.0 Å². The van der Waals surface area contributed by atoms with E-state index in [1.807, 2.05) is 6.92 Å². The predicted molar refractivity (Wildman–Crippen MR) is 66.8 cm³/mol. The van der Waals surface area contributed by atoms with Gasteiger partial charge in [-0.05, 0) is 25.3 Å². The molecule has 0 amide bonds. The van der Waals surface area contributed by atoms with Crippen molar-refractivity contribution in [1.29, 1.82) is 0 Å². The average Bonchev–Trinajstić information content (AvgIpc) is 2.03. The summed E-state index contributed by atoms with van der Waals surface area (Å²) >= 11 is 0. The molecule has 0 aromatic rings. The summed E-state index contributed by atoms with van der Waals surface area (Å²) in [6.07, 6.45) is 2.68. The Hall–Kier alpha value is 0.160. The van der Waals surface area contributed by atoms with Crippen molar-refractivity contribution in [3.63, 3.8) is 0 Å². The van der Waals surface area contributed by atoms with Crippen molar-refractivity contribution in [2.75, 3.05) is 18.8 Å². The highest BCUT2D eigenvalue weighted by Crippen LogP contribution is 2.07. The molecule has 0 saturated carbocycles. The molecule has 0 bridgehead atoms. The Morgan fingerprint density at radius 2 is 2.00 bits per heavy atom. The van der Waals surface area contributed by atoms with Crippen LogP contribution in [0.4, 0.5) is 0 Å². The van der Waals surface area contributed by atoms with E-state index in [0.29, 0.717) is 19.5 Å². The maximum atomic E-state index is 11.4. The summed E-state index contributed by atoms with van der Waals surface area (Å²) in [7, 11) is -3.08. The fourth-order valence-corrected chi connectivity index (χ4v) is 2.83. The van der Waals surface area contributed by atoms with E-state index >= 15 is 0 Å². The van der Waals surface area contributed by atoms with Crippen molar-refractivity contribution >= 4 is 22.4 Å². The molecular formula is C9H23ClN2O2S. The monoisotopic (exact) mass is 258 g/mol. The summed E-state index contributed by atoms with van der Waals surface area (Å²) in [5, 5.41) is 0. The van der Waals surface area contributed by atoms with Gasteiger partial charge in [0.2, 0.25) is 10.0 Å². The lowest BCUT2D eigenvalue weighted by molar-refractivity contribution is 0.535. The number of sulfonamides is 1. The van der Waals surface area contributed by atoms with E-state index in [1.54, 1.807) is 0 Å². The van der Waals surface area contributed by atoms with Crippen molar-refractivity contribution in [2.45, 2.75) is 33.1 Å². The molecule has 0 spiro atoms. The van der Waals surface area contributed by atoms with Gasteiger partial charge in [0, 0.05) is 6.54 Å². The molecule has 15 heavy (non-hydrogen) atoms. The Morgan fingerprint density at radius 3 is 2.47 bits per heavy atom. The van der Waals surface area contributed by atoms with Crippen LogP contribution in [0.3, 0.4) is 0 Å². The van der Waals surface area contributed by atoms with Crippen LogP contribution in [0.1, 0.15) is 33.1 Å². The quantitative estimate of drug-likeness (QED) is 0.641. The van der Waals surface area contributed by atoms with Crippen LogP contribution < -0.4 is 10.5 Å². The molecule has 0 aromatic carbocycles. The van der Waals surface area contributed by atoms with Crippen molar-refractivity contribution in [3.05, 3.63) is 0 Å². The van der Waals surface area contributed by atoms with E-state index in [9.17, 15) is 8.42 Å². The minimum absolute atomic E-state index is 0. The first kappa shape index (κ1) is 17.6. The minimum atomic E-state index is -3.08. The number of hydrogen-bond acceptors (Lipinski definition) is 3. The fraction of sp³-hybridized carbons (Fsp3) is 1.00. The van der Waals surface area contributed by atoms with Crippen molar-refractivity contribution < 1.29 is 8.42 Å². The van der Waals surface area contributed by atoms with Gasteiger partial charge in [-0.15, -0.1) is 12.4 Å². The van der Waals surface area contributed by atoms with Crippen LogP contribution in [0, 0.1) is 5.92 Å². The fourth-order valence-electron chi connectivity index (χ4n) is 1.34. The zero-order valence-electron chi connectivity index (χ0n) is 9.53. The molecule has 0 radical (unpaired) electrons. The van der Waals surface area contributed by atoms with Gasteiger partial charge in [0.15, 0.2) is 0 Å². The third kappa shape index (κ3) is 10.4. The molecule has 4 nitrogen and oxygen atoms in total. The molecule has 0 fully saturated rings. The van der Waals surface area contributed by atoms with Crippen LogP contribution in [-0.2, 0) is 10.0 Å². The van der Waals surface area contributed by atoms with Gasteiger partial charge in [-0.2, -0.15) is 0 Å². The second-order valence-corrected chi connectivity index (χ2v) is 5.56. The third-order valence-corrected chi connectivity index (χ3v) is 3.64. The Kier molecular flexibility index (Phi) is 11.0. The normalized spacial score (nSPS) is 13.3. The summed E-state index contributed by atoms with van der Waals surface area (Å²) in [5.74, 6) is 0.459. The van der Waals surface area contributed by atoms with Crippen LogP contribution in [0.25, 0.3) is 0 Å². The zero-order chi connectivity index (χ0) is 11.0. The molecule has 94 valence electrons. The molecule has 1 atom stereocenters. The summed E-state index contributed by atoms with van der Waals surface area (Å²) in [5.41, 5.74) is 5.27. The van der Waals surface area contributed by atoms with E-state index in [2.05, 4.69) is 11.6 Å². The molecule has 0 rings (SSSR count). The molecule has 0 aliphatic carbocycles. The number of nitrogens with two attached hydrogens (primary N) is 1. The summed E-state index contributed by atoms with van der Waals surface area (Å²) in [4.78, 5) is 0. The maximum Gasteiger partial charge on any atom is 0.211 e. The Labute approximate surface area is 99.5 Å². The van der Waals surface area contributed by atoms with Gasteiger partial charge in [-0.3, -0.25) is 0 Å². The molecule has 0 aliphatic rings. The molecule has 0 saturated heterocycles. The topological polar surface area (TPSA) is 72.2 Å². The SMILES string of the molecule is CCCC(C)CS(=O)(=O)NCCCN.Cl. The molecule has 3 N–H and O–H groups in total. The number of rotatable bonds is 8. The average molecular weight is 259 g/mol. The van der Waals surface area contributed by atoms with Gasteiger partial charge in [0.1, 0.15) is 0 Å². The largest absolute Gasteiger partial charge is 0.330 e. The van der Waals surface area contributed by atoms with Crippen LogP contribution >= 0.6 is 12.4 Å². The summed E-state index contributed by atoms with van der Waals surface area (Å²) in [6, 6.07) is 0. The third-order valence-electron chi connectivity index (χ3n) is 1.99. The molecule has 0 aromatic heterocycles.